The van der Waals surface area contributed by atoms with Crippen molar-refractivity contribution >= 4 is 11.8 Å². The van der Waals surface area contributed by atoms with E-state index >= 15 is 0 Å². The summed E-state index contributed by atoms with van der Waals surface area (Å²) in [5, 5.41) is 7.79. The fraction of sp³-hybridized carbons (Fsp3) is 0.400. The van der Waals surface area contributed by atoms with Gasteiger partial charge in [-0.05, 0) is 42.9 Å². The van der Waals surface area contributed by atoms with Gasteiger partial charge in [-0.3, -0.25) is 0 Å². The van der Waals surface area contributed by atoms with E-state index in [4.69, 9.17) is 0 Å². The number of thioether (sulfide) groups is 1. The third-order valence-electron chi connectivity index (χ3n) is 3.72. The molecule has 2 aromatic rings. The minimum atomic E-state index is 0.537. The van der Waals surface area contributed by atoms with Gasteiger partial charge in [-0.2, -0.15) is 16.9 Å². The maximum absolute atomic E-state index is 4.23. The van der Waals surface area contributed by atoms with Crippen molar-refractivity contribution in [3.63, 3.8) is 0 Å². The molecule has 19 heavy (non-hydrogen) atoms. The Balaban J connectivity index is 1.54. The van der Waals surface area contributed by atoms with Crippen LogP contribution in [0.2, 0.25) is 0 Å². The molecule has 1 N–H and O–H groups in total. The summed E-state index contributed by atoms with van der Waals surface area (Å²) >= 11 is 2.00. The molecule has 3 rings (SSSR count). The molecular weight excluding hydrogens is 254 g/mol. The van der Waals surface area contributed by atoms with Crippen molar-refractivity contribution < 1.29 is 0 Å². The average Bonchev–Trinajstić information content (AvgIpc) is 3.02. The monoisotopic (exact) mass is 273 g/mol. The molecule has 100 valence electrons. The van der Waals surface area contributed by atoms with Gasteiger partial charge in [0.2, 0.25) is 0 Å². The van der Waals surface area contributed by atoms with Gasteiger partial charge in [0.05, 0.1) is 5.69 Å². The van der Waals surface area contributed by atoms with Crippen LogP contribution in [-0.2, 0) is 6.54 Å². The fourth-order valence-corrected chi connectivity index (χ4v) is 2.97. The highest BCUT2D eigenvalue weighted by atomic mass is 32.2. The minimum absolute atomic E-state index is 0.537. The molecule has 1 saturated carbocycles. The topological polar surface area (TPSA) is 29.9 Å². The van der Waals surface area contributed by atoms with E-state index in [-0.39, 0.29) is 0 Å². The van der Waals surface area contributed by atoms with Crippen LogP contribution in [-0.4, -0.2) is 27.3 Å². The van der Waals surface area contributed by atoms with E-state index in [1.54, 1.807) is 6.20 Å². The van der Waals surface area contributed by atoms with Crippen LogP contribution in [0.15, 0.2) is 42.7 Å². The summed E-state index contributed by atoms with van der Waals surface area (Å²) < 4.78 is 2.42. The fourth-order valence-electron chi connectivity index (χ4n) is 2.22. The Morgan fingerprint density at radius 2 is 2.11 bits per heavy atom. The van der Waals surface area contributed by atoms with Crippen LogP contribution in [0.3, 0.4) is 0 Å². The quantitative estimate of drug-likeness (QED) is 0.877. The summed E-state index contributed by atoms with van der Waals surface area (Å²) in [5.74, 6) is 0. The molecule has 0 bridgehead atoms. The number of benzene rings is 1. The zero-order valence-electron chi connectivity index (χ0n) is 11.2. The third kappa shape index (κ3) is 3.01. The van der Waals surface area contributed by atoms with Gasteiger partial charge in [0.1, 0.15) is 0 Å². The lowest BCUT2D eigenvalue weighted by molar-refractivity contribution is 0.663. The number of hydrogen-bond acceptors (Lipinski definition) is 3. The van der Waals surface area contributed by atoms with Gasteiger partial charge in [0.15, 0.2) is 0 Å². The molecule has 4 heteroatoms. The molecule has 0 radical (unpaired) electrons. The van der Waals surface area contributed by atoms with Gasteiger partial charge in [-0.15, -0.1) is 0 Å². The summed E-state index contributed by atoms with van der Waals surface area (Å²) in [4.78, 5) is 0. The predicted octanol–water partition coefficient (Wildman–Crippen LogP) is 2.86. The first kappa shape index (κ1) is 12.8. The van der Waals surface area contributed by atoms with Crippen molar-refractivity contribution in [3.05, 3.63) is 48.3 Å². The van der Waals surface area contributed by atoms with Crippen molar-refractivity contribution in [2.75, 3.05) is 12.8 Å². The van der Waals surface area contributed by atoms with Gasteiger partial charge in [0.25, 0.3) is 0 Å². The first-order valence-corrected chi connectivity index (χ1v) is 7.89. The Morgan fingerprint density at radius 3 is 2.68 bits per heavy atom. The van der Waals surface area contributed by atoms with E-state index < -0.39 is 0 Å². The normalized spacial score (nSPS) is 16.5. The standard InChI is InChI=1S/C15H19N3S/c1-19-15(7-8-15)12-16-11-13-3-5-14(6-4-13)18-10-2-9-17-18/h2-6,9-10,16H,7-8,11-12H2,1H3. The van der Waals surface area contributed by atoms with Crippen LogP contribution in [0.25, 0.3) is 5.69 Å². The van der Waals surface area contributed by atoms with Crippen molar-refractivity contribution in [1.82, 2.24) is 15.1 Å². The Labute approximate surface area is 118 Å². The van der Waals surface area contributed by atoms with Gasteiger partial charge in [-0.1, -0.05) is 12.1 Å². The van der Waals surface area contributed by atoms with Crippen molar-refractivity contribution in [2.45, 2.75) is 24.1 Å². The zero-order chi connectivity index (χ0) is 13.1. The largest absolute Gasteiger partial charge is 0.311 e. The number of rotatable bonds is 6. The van der Waals surface area contributed by atoms with Gasteiger partial charge in [0, 0.05) is 30.2 Å². The number of nitrogens with one attached hydrogen (secondary N) is 1. The van der Waals surface area contributed by atoms with E-state index in [2.05, 4.69) is 40.9 Å². The van der Waals surface area contributed by atoms with Crippen molar-refractivity contribution in [2.24, 2.45) is 0 Å². The van der Waals surface area contributed by atoms with E-state index in [0.29, 0.717) is 4.75 Å². The van der Waals surface area contributed by atoms with Gasteiger partial charge < -0.3 is 5.32 Å². The SMILES string of the molecule is CSC1(CNCc2ccc(-n3cccn3)cc2)CC1. The molecule has 3 nitrogen and oxygen atoms in total. The second-order valence-corrected chi connectivity index (χ2v) is 6.38. The Hall–Kier alpha value is -1.26. The molecule has 0 amide bonds. The Morgan fingerprint density at radius 1 is 1.32 bits per heavy atom. The summed E-state index contributed by atoms with van der Waals surface area (Å²) in [6, 6.07) is 10.5. The molecule has 0 spiro atoms. The van der Waals surface area contributed by atoms with Crippen LogP contribution in [0.1, 0.15) is 18.4 Å². The molecule has 1 heterocycles. The lowest BCUT2D eigenvalue weighted by Crippen LogP contribution is -2.25. The van der Waals surface area contributed by atoms with Crippen molar-refractivity contribution in [1.29, 1.82) is 0 Å². The Bertz CT molecular complexity index is 515. The van der Waals surface area contributed by atoms with Crippen LogP contribution in [0.5, 0.6) is 0 Å². The highest BCUT2D eigenvalue weighted by Crippen LogP contribution is 2.46. The molecule has 1 aliphatic carbocycles. The molecule has 1 aromatic heterocycles. The first-order valence-electron chi connectivity index (χ1n) is 6.66. The third-order valence-corrected chi connectivity index (χ3v) is 5.14. The maximum atomic E-state index is 4.23. The van der Waals surface area contributed by atoms with Crippen LogP contribution >= 0.6 is 11.8 Å². The van der Waals surface area contributed by atoms with Crippen LogP contribution in [0, 0.1) is 0 Å². The van der Waals surface area contributed by atoms with Gasteiger partial charge >= 0.3 is 0 Å². The smallest absolute Gasteiger partial charge is 0.0645 e. The summed E-state index contributed by atoms with van der Waals surface area (Å²) in [6.45, 7) is 2.07. The average molecular weight is 273 g/mol. The molecule has 0 aliphatic heterocycles. The predicted molar refractivity (Wildman–Crippen MR) is 80.8 cm³/mol. The summed E-state index contributed by atoms with van der Waals surface area (Å²) in [6.07, 6.45) is 8.70. The lowest BCUT2D eigenvalue weighted by Gasteiger charge is -2.13. The molecule has 1 aromatic carbocycles. The minimum Gasteiger partial charge on any atom is -0.311 e. The van der Waals surface area contributed by atoms with Crippen LogP contribution in [0.4, 0.5) is 0 Å². The first-order chi connectivity index (χ1) is 9.31. The number of nitrogens with zero attached hydrogens (tertiary/aromatic N) is 2. The van der Waals surface area contributed by atoms with Crippen molar-refractivity contribution in [3.8, 4) is 5.69 Å². The molecule has 1 fully saturated rings. The summed E-state index contributed by atoms with van der Waals surface area (Å²) in [7, 11) is 0. The Kier molecular flexibility index (Phi) is 3.62. The van der Waals surface area contributed by atoms with Gasteiger partial charge in [-0.25, -0.2) is 4.68 Å². The van der Waals surface area contributed by atoms with E-state index in [1.807, 2.05) is 28.7 Å². The number of hydrogen-bond donors (Lipinski definition) is 1. The maximum Gasteiger partial charge on any atom is 0.0645 e. The van der Waals surface area contributed by atoms with Crippen LogP contribution < -0.4 is 5.32 Å². The molecule has 0 saturated heterocycles. The molecular formula is C15H19N3S. The molecule has 0 atom stereocenters. The zero-order valence-corrected chi connectivity index (χ0v) is 12.0. The van der Waals surface area contributed by atoms with E-state index in [9.17, 15) is 0 Å². The second kappa shape index (κ2) is 5.39. The molecule has 1 aliphatic rings. The highest BCUT2D eigenvalue weighted by Gasteiger charge is 2.41. The number of aromatic nitrogens is 2. The van der Waals surface area contributed by atoms with E-state index in [0.717, 1.165) is 18.8 Å². The van der Waals surface area contributed by atoms with E-state index in [1.165, 1.54) is 18.4 Å². The highest BCUT2D eigenvalue weighted by molar-refractivity contribution is 8.00. The lowest BCUT2D eigenvalue weighted by atomic mass is 10.2. The second-order valence-electron chi connectivity index (χ2n) is 5.11. The summed E-state index contributed by atoms with van der Waals surface area (Å²) in [5.41, 5.74) is 2.43. The molecule has 0 unspecified atom stereocenters.